The molecule has 3 heteroatoms. The van der Waals surface area contributed by atoms with Gasteiger partial charge in [0.05, 0.1) is 0 Å². The summed E-state index contributed by atoms with van der Waals surface area (Å²) in [6, 6.07) is 6.26. The predicted octanol–water partition coefficient (Wildman–Crippen LogP) is 4.01. The third-order valence-corrected chi connectivity index (χ3v) is 4.36. The Bertz CT molecular complexity index is 405. The van der Waals surface area contributed by atoms with Crippen LogP contribution in [0.25, 0.3) is 0 Å². The van der Waals surface area contributed by atoms with Gasteiger partial charge in [-0.1, -0.05) is 28.9 Å². The second-order valence-electron chi connectivity index (χ2n) is 4.99. The molecule has 0 radical (unpaired) electrons. The zero-order chi connectivity index (χ0) is 13.1. The summed E-state index contributed by atoms with van der Waals surface area (Å²) in [5.74, 6) is 0.951. The lowest BCUT2D eigenvalue weighted by atomic mass is 9.91. The highest BCUT2D eigenvalue weighted by Crippen LogP contribution is 2.34. The molecule has 1 aliphatic carbocycles. The molecule has 1 aromatic carbocycles. The molecule has 0 bridgehead atoms. The molecule has 0 spiro atoms. The molecule has 3 unspecified atom stereocenters. The molecule has 1 fully saturated rings. The van der Waals surface area contributed by atoms with E-state index in [9.17, 15) is 0 Å². The van der Waals surface area contributed by atoms with E-state index in [0.29, 0.717) is 4.83 Å². The summed E-state index contributed by atoms with van der Waals surface area (Å²) < 4.78 is 11.8. The molecule has 0 heterocycles. The Balaban J connectivity index is 1.94. The molecule has 100 valence electrons. The van der Waals surface area contributed by atoms with Gasteiger partial charge < -0.3 is 9.47 Å². The maximum Gasteiger partial charge on any atom is 0.127 e. The van der Waals surface area contributed by atoms with Crippen molar-refractivity contribution in [3.05, 3.63) is 29.3 Å². The average Bonchev–Trinajstić information content (AvgIpc) is 2.33. The van der Waals surface area contributed by atoms with Crippen molar-refractivity contribution in [3.63, 3.8) is 0 Å². The first-order chi connectivity index (χ1) is 8.61. The zero-order valence-electron chi connectivity index (χ0n) is 11.3. The van der Waals surface area contributed by atoms with Crippen LogP contribution < -0.4 is 4.74 Å². The van der Waals surface area contributed by atoms with Crippen LogP contribution in [0, 0.1) is 13.8 Å². The molecule has 0 N–H and O–H groups in total. The lowest BCUT2D eigenvalue weighted by molar-refractivity contribution is -0.0762. The first kappa shape index (κ1) is 13.9. The first-order valence-corrected chi connectivity index (χ1v) is 7.53. The molecule has 1 aromatic rings. The van der Waals surface area contributed by atoms with Gasteiger partial charge in [-0.15, -0.1) is 0 Å². The van der Waals surface area contributed by atoms with E-state index in [2.05, 4.69) is 48.8 Å². The van der Waals surface area contributed by atoms with Gasteiger partial charge in [0.1, 0.15) is 18.0 Å². The summed E-state index contributed by atoms with van der Waals surface area (Å²) in [7, 11) is 0. The van der Waals surface area contributed by atoms with Crippen molar-refractivity contribution in [2.75, 3.05) is 6.61 Å². The molecule has 2 nitrogen and oxygen atoms in total. The fourth-order valence-corrected chi connectivity index (χ4v) is 2.93. The third kappa shape index (κ3) is 3.07. The van der Waals surface area contributed by atoms with E-state index >= 15 is 0 Å². The largest absolute Gasteiger partial charge is 0.488 e. The van der Waals surface area contributed by atoms with Crippen LogP contribution in [0.4, 0.5) is 0 Å². The number of aryl methyl sites for hydroxylation is 2. The van der Waals surface area contributed by atoms with Gasteiger partial charge in [0.25, 0.3) is 0 Å². The molecule has 0 aromatic heterocycles. The quantitative estimate of drug-likeness (QED) is 0.765. The van der Waals surface area contributed by atoms with Crippen LogP contribution in [0.15, 0.2) is 18.2 Å². The van der Waals surface area contributed by atoms with E-state index in [1.54, 1.807) is 0 Å². The molecule has 1 aliphatic rings. The smallest absolute Gasteiger partial charge is 0.127 e. The van der Waals surface area contributed by atoms with Gasteiger partial charge >= 0.3 is 0 Å². The molecular weight excluding hydrogens is 292 g/mol. The van der Waals surface area contributed by atoms with Crippen LogP contribution in [0.5, 0.6) is 5.75 Å². The topological polar surface area (TPSA) is 18.5 Å². The van der Waals surface area contributed by atoms with E-state index in [0.717, 1.165) is 25.2 Å². The number of hydrogen-bond acceptors (Lipinski definition) is 2. The molecule has 3 atom stereocenters. The van der Waals surface area contributed by atoms with E-state index in [1.165, 1.54) is 11.1 Å². The van der Waals surface area contributed by atoms with Crippen LogP contribution in [-0.4, -0.2) is 23.6 Å². The fourth-order valence-electron chi connectivity index (χ4n) is 2.07. The SMILES string of the molecule is CCCOC1C(Br)CC1Oc1ccc(C)c(C)c1. The minimum absolute atomic E-state index is 0.183. The molecule has 1 saturated carbocycles. The summed E-state index contributed by atoms with van der Waals surface area (Å²) in [5, 5.41) is 0. The van der Waals surface area contributed by atoms with Crippen LogP contribution in [0.2, 0.25) is 0 Å². The zero-order valence-corrected chi connectivity index (χ0v) is 12.9. The van der Waals surface area contributed by atoms with E-state index in [-0.39, 0.29) is 12.2 Å². The first-order valence-electron chi connectivity index (χ1n) is 6.61. The number of halogens is 1. The van der Waals surface area contributed by atoms with Crippen molar-refractivity contribution in [1.29, 1.82) is 0 Å². The minimum Gasteiger partial charge on any atom is -0.488 e. The predicted molar refractivity (Wildman–Crippen MR) is 77.7 cm³/mol. The van der Waals surface area contributed by atoms with Gasteiger partial charge in [-0.3, -0.25) is 0 Å². The van der Waals surface area contributed by atoms with Crippen LogP contribution in [-0.2, 0) is 4.74 Å². The Labute approximate surface area is 118 Å². The number of rotatable bonds is 5. The Kier molecular flexibility index (Phi) is 4.68. The summed E-state index contributed by atoms with van der Waals surface area (Å²) in [5.41, 5.74) is 2.57. The highest BCUT2D eigenvalue weighted by atomic mass is 79.9. The van der Waals surface area contributed by atoms with Gasteiger partial charge in [0, 0.05) is 17.9 Å². The van der Waals surface area contributed by atoms with Crippen molar-refractivity contribution < 1.29 is 9.47 Å². The minimum atomic E-state index is 0.183. The van der Waals surface area contributed by atoms with Crippen LogP contribution >= 0.6 is 15.9 Å². The lowest BCUT2D eigenvalue weighted by Crippen LogP contribution is -2.52. The molecular formula is C15H21BrO2. The molecule has 0 amide bonds. The van der Waals surface area contributed by atoms with E-state index in [1.807, 2.05) is 6.07 Å². The Hall–Kier alpha value is -0.540. The Morgan fingerprint density at radius 1 is 1.28 bits per heavy atom. The van der Waals surface area contributed by atoms with Crippen molar-refractivity contribution in [3.8, 4) is 5.75 Å². The van der Waals surface area contributed by atoms with Crippen LogP contribution in [0.1, 0.15) is 30.9 Å². The monoisotopic (exact) mass is 312 g/mol. The van der Waals surface area contributed by atoms with Crippen molar-refractivity contribution in [1.82, 2.24) is 0 Å². The second-order valence-corrected chi connectivity index (χ2v) is 6.17. The van der Waals surface area contributed by atoms with Gasteiger partial charge in [0.2, 0.25) is 0 Å². The van der Waals surface area contributed by atoms with Gasteiger partial charge in [-0.2, -0.15) is 0 Å². The summed E-state index contributed by atoms with van der Waals surface area (Å²) in [4.78, 5) is 0.431. The Morgan fingerprint density at radius 3 is 2.67 bits per heavy atom. The molecule has 2 rings (SSSR count). The second kappa shape index (κ2) is 6.07. The lowest BCUT2D eigenvalue weighted by Gasteiger charge is -2.41. The maximum atomic E-state index is 6.01. The number of ether oxygens (including phenoxy) is 2. The van der Waals surface area contributed by atoms with Gasteiger partial charge in [-0.25, -0.2) is 0 Å². The fraction of sp³-hybridized carbons (Fsp3) is 0.600. The van der Waals surface area contributed by atoms with Crippen LogP contribution in [0.3, 0.4) is 0 Å². The standard InChI is InChI=1S/C15H21BrO2/c1-4-7-17-15-13(16)9-14(15)18-12-6-5-10(2)11(3)8-12/h5-6,8,13-15H,4,7,9H2,1-3H3. The molecule has 0 saturated heterocycles. The normalized spacial score (nSPS) is 26.8. The average molecular weight is 313 g/mol. The van der Waals surface area contributed by atoms with E-state index in [4.69, 9.17) is 9.47 Å². The summed E-state index contributed by atoms with van der Waals surface area (Å²) in [6.45, 7) is 7.16. The summed E-state index contributed by atoms with van der Waals surface area (Å²) in [6.07, 6.45) is 2.43. The van der Waals surface area contributed by atoms with E-state index < -0.39 is 0 Å². The number of alkyl halides is 1. The van der Waals surface area contributed by atoms with Crippen molar-refractivity contribution in [2.45, 2.75) is 50.6 Å². The number of hydrogen-bond donors (Lipinski definition) is 0. The number of benzene rings is 1. The summed E-state index contributed by atoms with van der Waals surface area (Å²) >= 11 is 3.63. The third-order valence-electron chi connectivity index (χ3n) is 3.46. The van der Waals surface area contributed by atoms with Crippen molar-refractivity contribution in [2.24, 2.45) is 0 Å². The highest BCUT2D eigenvalue weighted by molar-refractivity contribution is 9.09. The van der Waals surface area contributed by atoms with Crippen molar-refractivity contribution >= 4 is 15.9 Å². The van der Waals surface area contributed by atoms with Gasteiger partial charge in [-0.05, 0) is 43.5 Å². The highest BCUT2D eigenvalue weighted by Gasteiger charge is 2.42. The molecule has 0 aliphatic heterocycles. The Morgan fingerprint density at radius 2 is 2.06 bits per heavy atom. The molecule has 18 heavy (non-hydrogen) atoms. The maximum absolute atomic E-state index is 6.01. The van der Waals surface area contributed by atoms with Gasteiger partial charge in [0.15, 0.2) is 0 Å².